The van der Waals surface area contributed by atoms with Gasteiger partial charge in [0.05, 0.1) is 5.69 Å². The molecule has 5 heteroatoms. The molecular formula is C13H21N3O2. The SMILES string of the molecule is CC(C)Cc1cc(C(=O)N[C@@H]2CC[C@@H](N)C2)on1. The topological polar surface area (TPSA) is 81.2 Å². The van der Waals surface area contributed by atoms with Crippen LogP contribution in [0.25, 0.3) is 0 Å². The summed E-state index contributed by atoms with van der Waals surface area (Å²) in [6.45, 7) is 4.21. The lowest BCUT2D eigenvalue weighted by molar-refractivity contribution is 0.0900. The predicted octanol–water partition coefficient (Wildman–Crippen LogP) is 1.48. The zero-order valence-electron chi connectivity index (χ0n) is 11.0. The first-order valence-corrected chi connectivity index (χ1v) is 6.56. The monoisotopic (exact) mass is 251 g/mol. The molecule has 0 aromatic carbocycles. The Balaban J connectivity index is 1.90. The van der Waals surface area contributed by atoms with Gasteiger partial charge in [-0.1, -0.05) is 19.0 Å². The Morgan fingerprint density at radius 1 is 1.61 bits per heavy atom. The lowest BCUT2D eigenvalue weighted by Crippen LogP contribution is -2.33. The molecule has 5 nitrogen and oxygen atoms in total. The standard InChI is InChI=1S/C13H21N3O2/c1-8(2)5-11-7-12(18-16-11)13(17)15-10-4-3-9(14)6-10/h7-10H,3-6,14H2,1-2H3,(H,15,17)/t9-,10-/m1/s1. The third kappa shape index (κ3) is 3.32. The van der Waals surface area contributed by atoms with Crippen molar-refractivity contribution in [2.45, 2.75) is 51.6 Å². The number of amides is 1. The van der Waals surface area contributed by atoms with E-state index in [0.29, 0.717) is 11.7 Å². The van der Waals surface area contributed by atoms with Crippen LogP contribution in [0.15, 0.2) is 10.6 Å². The van der Waals surface area contributed by atoms with E-state index in [0.717, 1.165) is 31.4 Å². The van der Waals surface area contributed by atoms with Crippen LogP contribution in [-0.4, -0.2) is 23.1 Å². The lowest BCUT2D eigenvalue weighted by atomic mass is 10.1. The molecule has 0 spiro atoms. The molecule has 18 heavy (non-hydrogen) atoms. The van der Waals surface area contributed by atoms with E-state index in [4.69, 9.17) is 10.3 Å². The highest BCUT2D eigenvalue weighted by molar-refractivity contribution is 5.91. The quantitative estimate of drug-likeness (QED) is 0.849. The number of nitrogens with two attached hydrogens (primary N) is 1. The molecule has 2 rings (SSSR count). The molecule has 100 valence electrons. The van der Waals surface area contributed by atoms with Crippen LogP contribution < -0.4 is 11.1 Å². The van der Waals surface area contributed by atoms with Gasteiger partial charge in [-0.3, -0.25) is 4.79 Å². The van der Waals surface area contributed by atoms with E-state index >= 15 is 0 Å². The average molecular weight is 251 g/mol. The van der Waals surface area contributed by atoms with E-state index in [9.17, 15) is 4.79 Å². The van der Waals surface area contributed by atoms with Crippen LogP contribution in [0.2, 0.25) is 0 Å². The van der Waals surface area contributed by atoms with Gasteiger partial charge in [-0.05, 0) is 31.6 Å². The summed E-state index contributed by atoms with van der Waals surface area (Å²) in [6, 6.07) is 2.11. The third-order valence-electron chi connectivity index (χ3n) is 3.21. The fourth-order valence-corrected chi connectivity index (χ4v) is 2.34. The molecule has 1 aromatic heterocycles. The number of carbonyl (C=O) groups excluding carboxylic acids is 1. The molecule has 1 amide bonds. The van der Waals surface area contributed by atoms with Gasteiger partial charge in [0.15, 0.2) is 0 Å². The Kier molecular flexibility index (Phi) is 4.01. The van der Waals surface area contributed by atoms with Crippen LogP contribution >= 0.6 is 0 Å². The van der Waals surface area contributed by atoms with E-state index < -0.39 is 0 Å². The second-order valence-corrected chi connectivity index (χ2v) is 5.52. The fourth-order valence-electron chi connectivity index (χ4n) is 2.34. The summed E-state index contributed by atoms with van der Waals surface area (Å²) in [5.41, 5.74) is 6.64. The van der Waals surface area contributed by atoms with Gasteiger partial charge in [0.2, 0.25) is 5.76 Å². The number of carbonyl (C=O) groups is 1. The van der Waals surface area contributed by atoms with Crippen LogP contribution in [0.4, 0.5) is 0 Å². The molecular weight excluding hydrogens is 230 g/mol. The molecule has 2 atom stereocenters. The first-order chi connectivity index (χ1) is 8.54. The van der Waals surface area contributed by atoms with Gasteiger partial charge in [-0.2, -0.15) is 0 Å². The number of hydrogen-bond donors (Lipinski definition) is 2. The Hall–Kier alpha value is -1.36. The summed E-state index contributed by atoms with van der Waals surface area (Å²) in [7, 11) is 0. The summed E-state index contributed by atoms with van der Waals surface area (Å²) in [5.74, 6) is 0.613. The highest BCUT2D eigenvalue weighted by Gasteiger charge is 2.24. The number of rotatable bonds is 4. The molecule has 1 fully saturated rings. The number of hydrogen-bond acceptors (Lipinski definition) is 4. The number of nitrogens with one attached hydrogen (secondary N) is 1. The van der Waals surface area contributed by atoms with E-state index in [1.54, 1.807) is 6.07 Å². The minimum Gasteiger partial charge on any atom is -0.351 e. The fraction of sp³-hybridized carbons (Fsp3) is 0.692. The van der Waals surface area contributed by atoms with Crippen LogP contribution in [0, 0.1) is 5.92 Å². The first kappa shape index (κ1) is 13.1. The third-order valence-corrected chi connectivity index (χ3v) is 3.21. The van der Waals surface area contributed by atoms with Crippen LogP contribution in [-0.2, 0) is 6.42 Å². The van der Waals surface area contributed by atoms with Gasteiger partial charge >= 0.3 is 0 Å². The van der Waals surface area contributed by atoms with Crippen molar-refractivity contribution in [2.75, 3.05) is 0 Å². The molecule has 0 aliphatic heterocycles. The molecule has 1 heterocycles. The van der Waals surface area contributed by atoms with Crippen molar-refractivity contribution in [3.63, 3.8) is 0 Å². The van der Waals surface area contributed by atoms with Crippen LogP contribution in [0.3, 0.4) is 0 Å². The molecule has 1 aliphatic rings. The maximum absolute atomic E-state index is 11.9. The number of aromatic nitrogens is 1. The molecule has 3 N–H and O–H groups in total. The van der Waals surface area contributed by atoms with Crippen molar-refractivity contribution in [1.29, 1.82) is 0 Å². The Morgan fingerprint density at radius 3 is 3.00 bits per heavy atom. The normalized spacial score (nSPS) is 23.6. The second-order valence-electron chi connectivity index (χ2n) is 5.52. The zero-order valence-corrected chi connectivity index (χ0v) is 11.0. The van der Waals surface area contributed by atoms with E-state index in [1.165, 1.54) is 0 Å². The largest absolute Gasteiger partial charge is 0.351 e. The van der Waals surface area contributed by atoms with Gasteiger partial charge in [0.1, 0.15) is 0 Å². The minimum absolute atomic E-state index is 0.172. The van der Waals surface area contributed by atoms with E-state index in [1.807, 2.05) is 0 Å². The maximum Gasteiger partial charge on any atom is 0.290 e. The maximum atomic E-state index is 11.9. The van der Waals surface area contributed by atoms with Crippen molar-refractivity contribution in [1.82, 2.24) is 10.5 Å². The van der Waals surface area contributed by atoms with Gasteiger partial charge in [0.25, 0.3) is 5.91 Å². The lowest BCUT2D eigenvalue weighted by Gasteiger charge is -2.10. The summed E-state index contributed by atoms with van der Waals surface area (Å²) in [6.07, 6.45) is 3.59. The second kappa shape index (κ2) is 5.52. The van der Waals surface area contributed by atoms with Gasteiger partial charge in [-0.25, -0.2) is 0 Å². The molecule has 0 saturated heterocycles. The Bertz CT molecular complexity index is 414. The van der Waals surface area contributed by atoms with Crippen molar-refractivity contribution in [2.24, 2.45) is 11.7 Å². The molecule has 0 radical (unpaired) electrons. The first-order valence-electron chi connectivity index (χ1n) is 6.56. The summed E-state index contributed by atoms with van der Waals surface area (Å²) < 4.78 is 5.07. The highest BCUT2D eigenvalue weighted by atomic mass is 16.5. The van der Waals surface area contributed by atoms with Gasteiger partial charge in [0, 0.05) is 18.2 Å². The highest BCUT2D eigenvalue weighted by Crippen LogP contribution is 2.18. The molecule has 1 aliphatic carbocycles. The molecule has 0 bridgehead atoms. The van der Waals surface area contributed by atoms with Crippen molar-refractivity contribution >= 4 is 5.91 Å². The van der Waals surface area contributed by atoms with Crippen molar-refractivity contribution in [3.8, 4) is 0 Å². The van der Waals surface area contributed by atoms with Crippen LogP contribution in [0.5, 0.6) is 0 Å². The molecule has 1 saturated carbocycles. The minimum atomic E-state index is -0.184. The Labute approximate surface area is 107 Å². The van der Waals surface area contributed by atoms with Crippen molar-refractivity contribution in [3.05, 3.63) is 17.5 Å². The molecule has 0 unspecified atom stereocenters. The number of nitrogens with zero attached hydrogens (tertiary/aromatic N) is 1. The summed E-state index contributed by atoms with van der Waals surface area (Å²) >= 11 is 0. The van der Waals surface area contributed by atoms with Gasteiger partial charge in [-0.15, -0.1) is 0 Å². The zero-order chi connectivity index (χ0) is 13.1. The smallest absolute Gasteiger partial charge is 0.290 e. The van der Waals surface area contributed by atoms with Gasteiger partial charge < -0.3 is 15.6 Å². The predicted molar refractivity (Wildman–Crippen MR) is 68.1 cm³/mol. The summed E-state index contributed by atoms with van der Waals surface area (Å²) in [5, 5.41) is 6.85. The van der Waals surface area contributed by atoms with Crippen molar-refractivity contribution < 1.29 is 9.32 Å². The summed E-state index contributed by atoms with van der Waals surface area (Å²) in [4.78, 5) is 11.9. The van der Waals surface area contributed by atoms with E-state index in [2.05, 4.69) is 24.3 Å². The molecule has 1 aromatic rings. The Morgan fingerprint density at radius 2 is 2.39 bits per heavy atom. The van der Waals surface area contributed by atoms with E-state index in [-0.39, 0.29) is 18.0 Å². The average Bonchev–Trinajstić information content (AvgIpc) is 2.87. The van der Waals surface area contributed by atoms with Crippen LogP contribution in [0.1, 0.15) is 49.4 Å².